The molecular formula is C16H30N4. The molecule has 1 N–H and O–H groups in total. The van der Waals surface area contributed by atoms with Gasteiger partial charge in [0.2, 0.25) is 0 Å². The van der Waals surface area contributed by atoms with Crippen LogP contribution in [0.25, 0.3) is 0 Å². The molecule has 0 spiro atoms. The summed E-state index contributed by atoms with van der Waals surface area (Å²) in [7, 11) is 1.93. The van der Waals surface area contributed by atoms with Crippen molar-refractivity contribution in [3.8, 4) is 0 Å². The van der Waals surface area contributed by atoms with E-state index in [0.29, 0.717) is 5.92 Å². The molecule has 0 unspecified atom stereocenters. The van der Waals surface area contributed by atoms with Crippen LogP contribution in [0.4, 0.5) is 11.6 Å². The van der Waals surface area contributed by atoms with Gasteiger partial charge in [-0.3, -0.25) is 0 Å². The number of rotatable bonds is 9. The van der Waals surface area contributed by atoms with E-state index in [-0.39, 0.29) is 0 Å². The third-order valence-electron chi connectivity index (χ3n) is 3.54. The normalized spacial score (nSPS) is 10.9. The molecule has 0 amide bonds. The van der Waals surface area contributed by atoms with Crippen LogP contribution in [-0.4, -0.2) is 30.1 Å². The molecule has 4 nitrogen and oxygen atoms in total. The van der Waals surface area contributed by atoms with Gasteiger partial charge in [-0.25, -0.2) is 9.97 Å². The molecule has 1 heterocycles. The van der Waals surface area contributed by atoms with E-state index in [1.807, 2.05) is 7.05 Å². The Labute approximate surface area is 124 Å². The van der Waals surface area contributed by atoms with Crippen molar-refractivity contribution in [1.29, 1.82) is 0 Å². The highest BCUT2D eigenvalue weighted by Crippen LogP contribution is 2.30. The SMILES string of the molecule is CCCCN(CCCC)c1ncnc(NC)c1C(C)C. The molecule has 0 saturated carbocycles. The van der Waals surface area contributed by atoms with Gasteiger partial charge in [0.15, 0.2) is 0 Å². The van der Waals surface area contributed by atoms with Gasteiger partial charge in [0.1, 0.15) is 18.0 Å². The van der Waals surface area contributed by atoms with Crippen molar-refractivity contribution in [3.05, 3.63) is 11.9 Å². The second kappa shape index (κ2) is 8.77. The molecule has 1 rings (SSSR count). The second-order valence-electron chi connectivity index (χ2n) is 5.56. The number of unbranched alkanes of at least 4 members (excludes halogenated alkanes) is 2. The van der Waals surface area contributed by atoms with Crippen molar-refractivity contribution >= 4 is 11.6 Å². The first-order valence-corrected chi connectivity index (χ1v) is 7.93. The van der Waals surface area contributed by atoms with Gasteiger partial charge in [0.05, 0.1) is 0 Å². The average Bonchev–Trinajstić information content (AvgIpc) is 2.46. The van der Waals surface area contributed by atoms with Gasteiger partial charge in [-0.2, -0.15) is 0 Å². The van der Waals surface area contributed by atoms with E-state index in [4.69, 9.17) is 0 Å². The Hall–Kier alpha value is -1.32. The molecule has 1 aromatic rings. The summed E-state index contributed by atoms with van der Waals surface area (Å²) in [6, 6.07) is 0. The summed E-state index contributed by atoms with van der Waals surface area (Å²) in [4.78, 5) is 11.4. The minimum Gasteiger partial charge on any atom is -0.373 e. The monoisotopic (exact) mass is 278 g/mol. The Morgan fingerprint density at radius 3 is 2.15 bits per heavy atom. The molecule has 0 atom stereocenters. The molecule has 0 aliphatic heterocycles. The minimum absolute atomic E-state index is 0.416. The van der Waals surface area contributed by atoms with Crippen molar-refractivity contribution in [2.75, 3.05) is 30.4 Å². The number of nitrogens with zero attached hydrogens (tertiary/aromatic N) is 3. The molecule has 114 valence electrons. The molecule has 0 aliphatic rings. The van der Waals surface area contributed by atoms with Gasteiger partial charge in [-0.15, -0.1) is 0 Å². The highest BCUT2D eigenvalue weighted by molar-refractivity contribution is 5.60. The molecule has 0 aromatic carbocycles. The zero-order valence-corrected chi connectivity index (χ0v) is 13.7. The standard InChI is InChI=1S/C16H30N4/c1-6-8-10-20(11-9-7-2)16-14(13(3)4)15(17-5)18-12-19-16/h12-13H,6-11H2,1-5H3,(H,17,18,19). The van der Waals surface area contributed by atoms with Crippen LogP contribution in [0.2, 0.25) is 0 Å². The predicted octanol–water partition coefficient (Wildman–Crippen LogP) is 4.05. The number of hydrogen-bond acceptors (Lipinski definition) is 4. The van der Waals surface area contributed by atoms with Crippen LogP contribution in [0.5, 0.6) is 0 Å². The van der Waals surface area contributed by atoms with Crippen LogP contribution in [-0.2, 0) is 0 Å². The van der Waals surface area contributed by atoms with E-state index in [1.54, 1.807) is 6.33 Å². The fourth-order valence-corrected chi connectivity index (χ4v) is 2.39. The summed E-state index contributed by atoms with van der Waals surface area (Å²) in [6.45, 7) is 11.1. The summed E-state index contributed by atoms with van der Waals surface area (Å²) in [5.74, 6) is 2.49. The quantitative estimate of drug-likeness (QED) is 0.740. The lowest BCUT2D eigenvalue weighted by Gasteiger charge is -2.27. The molecule has 1 aromatic heterocycles. The average molecular weight is 278 g/mol. The van der Waals surface area contributed by atoms with E-state index < -0.39 is 0 Å². The van der Waals surface area contributed by atoms with Gasteiger partial charge in [-0.1, -0.05) is 40.5 Å². The highest BCUT2D eigenvalue weighted by atomic mass is 15.2. The molecule has 20 heavy (non-hydrogen) atoms. The summed E-state index contributed by atoms with van der Waals surface area (Å²) in [5.41, 5.74) is 1.24. The topological polar surface area (TPSA) is 41.1 Å². The van der Waals surface area contributed by atoms with E-state index in [9.17, 15) is 0 Å². The van der Waals surface area contributed by atoms with Gasteiger partial charge >= 0.3 is 0 Å². The number of nitrogens with one attached hydrogen (secondary N) is 1. The number of aromatic nitrogens is 2. The lowest BCUT2D eigenvalue weighted by molar-refractivity contribution is 0.663. The lowest BCUT2D eigenvalue weighted by atomic mass is 10.0. The zero-order chi connectivity index (χ0) is 15.0. The van der Waals surface area contributed by atoms with E-state index >= 15 is 0 Å². The Balaban J connectivity index is 3.09. The summed E-state index contributed by atoms with van der Waals surface area (Å²) in [6.07, 6.45) is 6.52. The first-order chi connectivity index (χ1) is 9.65. The third-order valence-corrected chi connectivity index (χ3v) is 3.54. The highest BCUT2D eigenvalue weighted by Gasteiger charge is 2.18. The van der Waals surface area contributed by atoms with Crippen molar-refractivity contribution in [2.45, 2.75) is 59.3 Å². The molecule has 0 saturated heterocycles. The Kier molecular flexibility index (Phi) is 7.34. The largest absolute Gasteiger partial charge is 0.373 e. The van der Waals surface area contributed by atoms with E-state index in [2.05, 4.69) is 47.9 Å². The summed E-state index contributed by atoms with van der Waals surface area (Å²) in [5, 5.41) is 3.21. The molecule has 0 radical (unpaired) electrons. The van der Waals surface area contributed by atoms with Crippen LogP contribution < -0.4 is 10.2 Å². The smallest absolute Gasteiger partial charge is 0.137 e. The summed E-state index contributed by atoms with van der Waals surface area (Å²) >= 11 is 0. The fraction of sp³-hybridized carbons (Fsp3) is 0.750. The second-order valence-corrected chi connectivity index (χ2v) is 5.56. The third kappa shape index (κ3) is 4.36. The molecule has 0 aliphatic carbocycles. The Morgan fingerprint density at radius 2 is 1.70 bits per heavy atom. The maximum atomic E-state index is 4.59. The maximum Gasteiger partial charge on any atom is 0.137 e. The lowest BCUT2D eigenvalue weighted by Crippen LogP contribution is -2.28. The van der Waals surface area contributed by atoms with Crippen molar-refractivity contribution in [1.82, 2.24) is 9.97 Å². The van der Waals surface area contributed by atoms with Crippen LogP contribution in [0.15, 0.2) is 6.33 Å². The summed E-state index contributed by atoms with van der Waals surface area (Å²) < 4.78 is 0. The molecule has 0 fully saturated rings. The van der Waals surface area contributed by atoms with E-state index in [0.717, 1.165) is 24.7 Å². The number of anilines is 2. The first-order valence-electron chi connectivity index (χ1n) is 7.93. The van der Waals surface area contributed by atoms with Crippen molar-refractivity contribution in [3.63, 3.8) is 0 Å². The maximum absolute atomic E-state index is 4.59. The van der Waals surface area contributed by atoms with E-state index in [1.165, 1.54) is 31.2 Å². The molecule has 0 bridgehead atoms. The number of hydrogen-bond donors (Lipinski definition) is 1. The van der Waals surface area contributed by atoms with Gasteiger partial charge in [0, 0.05) is 25.7 Å². The van der Waals surface area contributed by atoms with Gasteiger partial charge in [-0.05, 0) is 18.8 Å². The van der Waals surface area contributed by atoms with Gasteiger partial charge < -0.3 is 10.2 Å². The molecular weight excluding hydrogens is 248 g/mol. The predicted molar refractivity (Wildman–Crippen MR) is 87.7 cm³/mol. The Morgan fingerprint density at radius 1 is 1.10 bits per heavy atom. The minimum atomic E-state index is 0.416. The zero-order valence-electron chi connectivity index (χ0n) is 13.7. The van der Waals surface area contributed by atoms with Crippen LogP contribution in [0.3, 0.4) is 0 Å². The fourth-order valence-electron chi connectivity index (χ4n) is 2.39. The van der Waals surface area contributed by atoms with Crippen LogP contribution >= 0.6 is 0 Å². The molecule has 4 heteroatoms. The first kappa shape index (κ1) is 16.7. The van der Waals surface area contributed by atoms with Crippen molar-refractivity contribution in [2.24, 2.45) is 0 Å². The van der Waals surface area contributed by atoms with Crippen LogP contribution in [0, 0.1) is 0 Å². The van der Waals surface area contributed by atoms with Crippen molar-refractivity contribution < 1.29 is 0 Å². The van der Waals surface area contributed by atoms with Gasteiger partial charge in [0.25, 0.3) is 0 Å². The Bertz CT molecular complexity index is 382. The van der Waals surface area contributed by atoms with Crippen LogP contribution in [0.1, 0.15) is 64.9 Å².